The molecule has 0 N–H and O–H groups in total. The third-order valence-corrected chi connectivity index (χ3v) is 2.37. The Morgan fingerprint density at radius 2 is 2.13 bits per heavy atom. The molecule has 15 heavy (non-hydrogen) atoms. The number of aryl methyl sites for hydroxylation is 2. The van der Waals surface area contributed by atoms with Gasteiger partial charge in [0.25, 0.3) is 0 Å². The molecule has 0 radical (unpaired) electrons. The predicted molar refractivity (Wildman–Crippen MR) is 59.9 cm³/mol. The minimum atomic E-state index is 0.883. The first-order valence-electron chi connectivity index (χ1n) is 4.84. The smallest absolute Gasteiger partial charge is 0.126 e. The molecular formula is C12H14N2O. The zero-order valence-electron chi connectivity index (χ0n) is 9.19. The van der Waals surface area contributed by atoms with Crippen LogP contribution < -0.4 is 4.74 Å². The van der Waals surface area contributed by atoms with Crippen LogP contribution in [0.2, 0.25) is 0 Å². The van der Waals surface area contributed by atoms with Gasteiger partial charge in [-0.25, -0.2) is 0 Å². The van der Waals surface area contributed by atoms with E-state index < -0.39 is 0 Å². The number of hydrogen-bond donors (Lipinski definition) is 0. The minimum Gasteiger partial charge on any atom is -0.496 e. The lowest BCUT2D eigenvalue weighted by atomic mass is 10.1. The highest BCUT2D eigenvalue weighted by molar-refractivity contribution is 5.70. The molecule has 3 heteroatoms. The Morgan fingerprint density at radius 1 is 1.33 bits per heavy atom. The summed E-state index contributed by atoms with van der Waals surface area (Å²) in [6, 6.07) is 6.13. The van der Waals surface area contributed by atoms with Crippen LogP contribution in [0.3, 0.4) is 0 Å². The molecule has 0 saturated heterocycles. The molecule has 0 bridgehead atoms. The maximum absolute atomic E-state index is 5.33. The summed E-state index contributed by atoms with van der Waals surface area (Å²) < 4.78 is 7.12. The monoisotopic (exact) mass is 202 g/mol. The number of nitrogens with zero attached hydrogens (tertiary/aromatic N) is 2. The van der Waals surface area contributed by atoms with Crippen molar-refractivity contribution in [2.45, 2.75) is 6.92 Å². The maximum atomic E-state index is 5.33. The van der Waals surface area contributed by atoms with E-state index in [1.165, 1.54) is 5.56 Å². The van der Waals surface area contributed by atoms with Crippen molar-refractivity contribution in [3.8, 4) is 16.9 Å². The minimum absolute atomic E-state index is 0.883. The van der Waals surface area contributed by atoms with Gasteiger partial charge in [-0.3, -0.25) is 4.68 Å². The molecule has 1 aromatic heterocycles. The van der Waals surface area contributed by atoms with Crippen molar-refractivity contribution in [2.24, 2.45) is 7.05 Å². The van der Waals surface area contributed by atoms with Gasteiger partial charge >= 0.3 is 0 Å². The summed E-state index contributed by atoms with van der Waals surface area (Å²) in [4.78, 5) is 0. The molecule has 2 aromatic rings. The fraction of sp³-hybridized carbons (Fsp3) is 0.250. The molecule has 0 amide bonds. The van der Waals surface area contributed by atoms with Crippen LogP contribution in [0, 0.1) is 6.92 Å². The Balaban J connectivity index is 2.55. The standard InChI is InChI=1S/C12H14N2O/c1-9-4-5-12(15-3)11(6-9)10-7-13-14(2)8-10/h4-8H,1-3H3. The van der Waals surface area contributed by atoms with Crippen LogP contribution in [-0.4, -0.2) is 16.9 Å². The molecule has 0 spiro atoms. The summed E-state index contributed by atoms with van der Waals surface area (Å²) in [7, 11) is 3.59. The van der Waals surface area contributed by atoms with E-state index in [2.05, 4.69) is 18.1 Å². The largest absolute Gasteiger partial charge is 0.496 e. The summed E-state index contributed by atoms with van der Waals surface area (Å²) in [5.41, 5.74) is 3.39. The third kappa shape index (κ3) is 1.86. The SMILES string of the molecule is COc1ccc(C)cc1-c1cnn(C)c1. The number of benzene rings is 1. The quantitative estimate of drug-likeness (QED) is 0.747. The van der Waals surface area contributed by atoms with Crippen LogP contribution in [0.5, 0.6) is 5.75 Å². The summed E-state index contributed by atoms with van der Waals surface area (Å²) >= 11 is 0. The zero-order chi connectivity index (χ0) is 10.8. The Kier molecular flexibility index (Phi) is 2.46. The van der Waals surface area contributed by atoms with E-state index in [4.69, 9.17) is 4.74 Å². The van der Waals surface area contributed by atoms with Crippen molar-refractivity contribution in [3.63, 3.8) is 0 Å². The summed E-state index contributed by atoms with van der Waals surface area (Å²) in [6.07, 6.45) is 3.83. The van der Waals surface area contributed by atoms with Crippen molar-refractivity contribution in [1.82, 2.24) is 9.78 Å². The van der Waals surface area contributed by atoms with Gasteiger partial charge in [-0.05, 0) is 19.1 Å². The lowest BCUT2D eigenvalue weighted by Gasteiger charge is -2.07. The fourth-order valence-corrected chi connectivity index (χ4v) is 1.61. The average molecular weight is 202 g/mol. The summed E-state index contributed by atoms with van der Waals surface area (Å²) in [5.74, 6) is 0.883. The predicted octanol–water partition coefficient (Wildman–Crippen LogP) is 2.40. The van der Waals surface area contributed by atoms with Crippen molar-refractivity contribution < 1.29 is 4.74 Å². The van der Waals surface area contributed by atoms with Gasteiger partial charge in [0.15, 0.2) is 0 Å². The van der Waals surface area contributed by atoms with Crippen LogP contribution in [0.4, 0.5) is 0 Å². The molecule has 0 aliphatic rings. The number of rotatable bonds is 2. The van der Waals surface area contributed by atoms with Crippen molar-refractivity contribution >= 4 is 0 Å². The van der Waals surface area contributed by atoms with E-state index >= 15 is 0 Å². The third-order valence-electron chi connectivity index (χ3n) is 2.37. The second kappa shape index (κ2) is 3.77. The van der Waals surface area contributed by atoms with Gasteiger partial charge in [0, 0.05) is 24.4 Å². The average Bonchev–Trinajstić information content (AvgIpc) is 2.65. The van der Waals surface area contributed by atoms with Gasteiger partial charge in [-0.2, -0.15) is 5.10 Å². The Hall–Kier alpha value is -1.77. The zero-order valence-corrected chi connectivity index (χ0v) is 9.19. The van der Waals surface area contributed by atoms with Crippen LogP contribution >= 0.6 is 0 Å². The highest BCUT2D eigenvalue weighted by atomic mass is 16.5. The molecule has 0 aliphatic heterocycles. The van der Waals surface area contributed by atoms with E-state index in [0.717, 1.165) is 16.9 Å². The number of aromatic nitrogens is 2. The van der Waals surface area contributed by atoms with Crippen LogP contribution in [0.25, 0.3) is 11.1 Å². The normalized spacial score (nSPS) is 10.3. The molecule has 0 aliphatic carbocycles. The van der Waals surface area contributed by atoms with Gasteiger partial charge in [0.1, 0.15) is 5.75 Å². The first-order valence-corrected chi connectivity index (χ1v) is 4.84. The molecule has 0 saturated carbocycles. The van der Waals surface area contributed by atoms with Crippen molar-refractivity contribution in [1.29, 1.82) is 0 Å². The number of methoxy groups -OCH3 is 1. The molecule has 2 rings (SSSR count). The lowest BCUT2D eigenvalue weighted by molar-refractivity contribution is 0.416. The number of ether oxygens (including phenoxy) is 1. The van der Waals surface area contributed by atoms with E-state index in [9.17, 15) is 0 Å². The Labute approximate surface area is 89.3 Å². The molecule has 0 atom stereocenters. The second-order valence-corrected chi connectivity index (χ2v) is 3.61. The number of hydrogen-bond acceptors (Lipinski definition) is 2. The molecule has 78 valence electrons. The molecule has 1 aromatic carbocycles. The fourth-order valence-electron chi connectivity index (χ4n) is 1.61. The first-order chi connectivity index (χ1) is 7.20. The van der Waals surface area contributed by atoms with E-state index in [1.54, 1.807) is 11.8 Å². The Bertz CT molecular complexity index is 474. The second-order valence-electron chi connectivity index (χ2n) is 3.61. The molecule has 0 fully saturated rings. The van der Waals surface area contributed by atoms with E-state index in [-0.39, 0.29) is 0 Å². The topological polar surface area (TPSA) is 27.1 Å². The van der Waals surface area contributed by atoms with Gasteiger partial charge < -0.3 is 4.74 Å². The van der Waals surface area contributed by atoms with Crippen LogP contribution in [0.1, 0.15) is 5.56 Å². The summed E-state index contributed by atoms with van der Waals surface area (Å²) in [5, 5.41) is 4.16. The van der Waals surface area contributed by atoms with E-state index in [0.29, 0.717) is 0 Å². The van der Waals surface area contributed by atoms with Gasteiger partial charge in [0.05, 0.1) is 13.3 Å². The van der Waals surface area contributed by atoms with Crippen LogP contribution in [0.15, 0.2) is 30.6 Å². The van der Waals surface area contributed by atoms with Crippen molar-refractivity contribution in [2.75, 3.05) is 7.11 Å². The van der Waals surface area contributed by atoms with Gasteiger partial charge in [-0.15, -0.1) is 0 Å². The highest BCUT2D eigenvalue weighted by Crippen LogP contribution is 2.30. The molecular weight excluding hydrogens is 188 g/mol. The van der Waals surface area contributed by atoms with Crippen LogP contribution in [-0.2, 0) is 7.05 Å². The lowest BCUT2D eigenvalue weighted by Crippen LogP contribution is -1.88. The van der Waals surface area contributed by atoms with E-state index in [1.807, 2.05) is 31.6 Å². The molecule has 3 nitrogen and oxygen atoms in total. The molecule has 1 heterocycles. The maximum Gasteiger partial charge on any atom is 0.126 e. The van der Waals surface area contributed by atoms with Gasteiger partial charge in [-0.1, -0.05) is 11.6 Å². The first kappa shape index (κ1) is 9.77. The molecule has 0 unspecified atom stereocenters. The van der Waals surface area contributed by atoms with Crippen molar-refractivity contribution in [3.05, 3.63) is 36.2 Å². The van der Waals surface area contributed by atoms with Gasteiger partial charge in [0.2, 0.25) is 0 Å². The Morgan fingerprint density at radius 3 is 2.73 bits per heavy atom. The highest BCUT2D eigenvalue weighted by Gasteiger charge is 2.07. The summed E-state index contributed by atoms with van der Waals surface area (Å²) in [6.45, 7) is 2.07.